The largest absolute Gasteiger partial charge is 0.353 e. The van der Waals surface area contributed by atoms with Crippen molar-refractivity contribution in [2.24, 2.45) is 17.6 Å². The number of nitrogens with two attached hydrogens (primary N) is 1. The molecule has 3 N–H and O–H groups in total. The lowest BCUT2D eigenvalue weighted by molar-refractivity contribution is -0.132. The van der Waals surface area contributed by atoms with Crippen molar-refractivity contribution < 1.29 is 9.59 Å². The number of hydrogen-bond donors (Lipinski definition) is 2. The standard InChI is InChI=1S/C17H25N5O2/c1-12(10-18)16(23)20-14-4-5-15(19-11-14)21-6-8-22(9-7-21)17(24)13-2-3-13/h4-5,11-13H,2-3,6-10,18H2,1H3,(H,20,23). The average Bonchev–Trinajstić information content (AvgIpc) is 3.46. The zero-order chi connectivity index (χ0) is 17.1. The van der Waals surface area contributed by atoms with Crippen molar-refractivity contribution in [1.29, 1.82) is 0 Å². The molecule has 3 rings (SSSR count). The van der Waals surface area contributed by atoms with Gasteiger partial charge in [0.25, 0.3) is 0 Å². The van der Waals surface area contributed by atoms with E-state index in [-0.39, 0.29) is 17.7 Å². The molecule has 2 heterocycles. The minimum Gasteiger partial charge on any atom is -0.353 e. The maximum Gasteiger partial charge on any atom is 0.228 e. The number of nitrogens with zero attached hydrogens (tertiary/aromatic N) is 3. The van der Waals surface area contributed by atoms with Crippen LogP contribution < -0.4 is 16.0 Å². The van der Waals surface area contributed by atoms with Gasteiger partial charge in [0.1, 0.15) is 5.82 Å². The lowest BCUT2D eigenvalue weighted by atomic mass is 10.1. The Bertz CT molecular complexity index is 592. The fourth-order valence-electron chi connectivity index (χ4n) is 2.76. The third kappa shape index (κ3) is 3.84. The van der Waals surface area contributed by atoms with Gasteiger partial charge in [-0.25, -0.2) is 4.98 Å². The molecule has 130 valence electrons. The second kappa shape index (κ2) is 7.17. The van der Waals surface area contributed by atoms with Crippen LogP contribution in [0.2, 0.25) is 0 Å². The Morgan fingerprint density at radius 2 is 2.00 bits per heavy atom. The summed E-state index contributed by atoms with van der Waals surface area (Å²) in [7, 11) is 0. The molecule has 1 aliphatic heterocycles. The number of amides is 2. The third-order valence-electron chi connectivity index (χ3n) is 4.66. The molecule has 7 heteroatoms. The molecular weight excluding hydrogens is 306 g/mol. The van der Waals surface area contributed by atoms with Gasteiger partial charge in [0, 0.05) is 44.6 Å². The van der Waals surface area contributed by atoms with E-state index in [0.29, 0.717) is 18.1 Å². The van der Waals surface area contributed by atoms with Crippen LogP contribution in [0.4, 0.5) is 11.5 Å². The lowest BCUT2D eigenvalue weighted by Gasteiger charge is -2.35. The van der Waals surface area contributed by atoms with E-state index in [2.05, 4.69) is 15.2 Å². The second-order valence-electron chi connectivity index (χ2n) is 6.62. The topological polar surface area (TPSA) is 91.6 Å². The Labute approximate surface area is 142 Å². The van der Waals surface area contributed by atoms with Crippen LogP contribution in [-0.2, 0) is 9.59 Å². The summed E-state index contributed by atoms with van der Waals surface area (Å²) >= 11 is 0. The summed E-state index contributed by atoms with van der Waals surface area (Å²) in [4.78, 5) is 32.5. The van der Waals surface area contributed by atoms with E-state index < -0.39 is 0 Å². The number of carbonyl (C=O) groups is 2. The van der Waals surface area contributed by atoms with E-state index in [1.54, 1.807) is 13.1 Å². The van der Waals surface area contributed by atoms with Crippen molar-refractivity contribution in [3.8, 4) is 0 Å². The second-order valence-corrected chi connectivity index (χ2v) is 6.62. The van der Waals surface area contributed by atoms with Crippen LogP contribution >= 0.6 is 0 Å². The van der Waals surface area contributed by atoms with Gasteiger partial charge >= 0.3 is 0 Å². The smallest absolute Gasteiger partial charge is 0.228 e. The van der Waals surface area contributed by atoms with E-state index in [1.165, 1.54) is 0 Å². The van der Waals surface area contributed by atoms with Gasteiger partial charge in [0.15, 0.2) is 0 Å². The van der Waals surface area contributed by atoms with Gasteiger partial charge in [-0.3, -0.25) is 9.59 Å². The number of nitrogens with one attached hydrogen (secondary N) is 1. The molecule has 0 spiro atoms. The molecule has 1 unspecified atom stereocenters. The van der Waals surface area contributed by atoms with E-state index in [1.807, 2.05) is 17.0 Å². The van der Waals surface area contributed by atoms with Crippen molar-refractivity contribution in [2.45, 2.75) is 19.8 Å². The molecule has 2 fully saturated rings. The van der Waals surface area contributed by atoms with Crippen molar-refractivity contribution >= 4 is 23.3 Å². The van der Waals surface area contributed by atoms with Crippen LogP contribution in [0.3, 0.4) is 0 Å². The molecule has 1 aromatic rings. The summed E-state index contributed by atoms with van der Waals surface area (Å²) in [5, 5.41) is 2.81. The number of piperazine rings is 1. The van der Waals surface area contributed by atoms with E-state index in [0.717, 1.165) is 44.8 Å². The highest BCUT2D eigenvalue weighted by Crippen LogP contribution is 2.31. The molecule has 1 saturated carbocycles. The monoisotopic (exact) mass is 331 g/mol. The highest BCUT2D eigenvalue weighted by atomic mass is 16.2. The van der Waals surface area contributed by atoms with Gasteiger partial charge in [-0.1, -0.05) is 6.92 Å². The zero-order valence-corrected chi connectivity index (χ0v) is 14.1. The van der Waals surface area contributed by atoms with E-state index in [4.69, 9.17) is 5.73 Å². The fraction of sp³-hybridized carbons (Fsp3) is 0.588. The Kier molecular flexibility index (Phi) is 4.99. The number of anilines is 2. The first kappa shape index (κ1) is 16.7. The molecule has 1 aliphatic carbocycles. The van der Waals surface area contributed by atoms with Crippen LogP contribution in [0.5, 0.6) is 0 Å². The molecule has 1 atom stereocenters. The molecule has 1 aromatic heterocycles. The third-order valence-corrected chi connectivity index (χ3v) is 4.66. The fourth-order valence-corrected chi connectivity index (χ4v) is 2.76. The molecule has 2 amide bonds. The SMILES string of the molecule is CC(CN)C(=O)Nc1ccc(N2CCN(C(=O)C3CC3)CC2)nc1. The van der Waals surface area contributed by atoms with Gasteiger partial charge in [-0.2, -0.15) is 0 Å². The highest BCUT2D eigenvalue weighted by molar-refractivity contribution is 5.92. The molecule has 0 aromatic carbocycles. The van der Waals surface area contributed by atoms with Crippen molar-refractivity contribution in [2.75, 3.05) is 42.9 Å². The summed E-state index contributed by atoms with van der Waals surface area (Å²) in [5.41, 5.74) is 6.16. The quantitative estimate of drug-likeness (QED) is 0.827. The Balaban J connectivity index is 1.52. The van der Waals surface area contributed by atoms with Crippen LogP contribution in [0.25, 0.3) is 0 Å². The number of pyridine rings is 1. The molecule has 24 heavy (non-hydrogen) atoms. The molecule has 2 aliphatic rings. The summed E-state index contributed by atoms with van der Waals surface area (Å²) in [6, 6.07) is 3.76. The lowest BCUT2D eigenvalue weighted by Crippen LogP contribution is -2.49. The van der Waals surface area contributed by atoms with Gasteiger partial charge in [-0.05, 0) is 25.0 Å². The van der Waals surface area contributed by atoms with Crippen LogP contribution in [0.15, 0.2) is 18.3 Å². The average molecular weight is 331 g/mol. The number of aromatic nitrogens is 1. The predicted octanol–water partition coefficient (Wildman–Crippen LogP) is 0.674. The van der Waals surface area contributed by atoms with Crippen LogP contribution in [0.1, 0.15) is 19.8 Å². The molecular formula is C17H25N5O2. The van der Waals surface area contributed by atoms with Crippen molar-refractivity contribution in [3.63, 3.8) is 0 Å². The molecule has 0 bridgehead atoms. The molecule has 1 saturated heterocycles. The summed E-state index contributed by atoms with van der Waals surface area (Å²) < 4.78 is 0. The summed E-state index contributed by atoms with van der Waals surface area (Å²) in [6.07, 6.45) is 3.77. The van der Waals surface area contributed by atoms with Crippen LogP contribution in [0, 0.1) is 11.8 Å². The van der Waals surface area contributed by atoms with Crippen molar-refractivity contribution in [3.05, 3.63) is 18.3 Å². The number of hydrogen-bond acceptors (Lipinski definition) is 5. The first-order chi connectivity index (χ1) is 11.6. The minimum absolute atomic E-state index is 0.0979. The number of carbonyl (C=O) groups excluding carboxylic acids is 2. The van der Waals surface area contributed by atoms with Gasteiger partial charge in [0.2, 0.25) is 11.8 Å². The van der Waals surface area contributed by atoms with Crippen LogP contribution in [-0.4, -0.2) is 54.4 Å². The number of rotatable bonds is 5. The maximum absolute atomic E-state index is 12.1. The Hall–Kier alpha value is -2.15. The van der Waals surface area contributed by atoms with Gasteiger partial charge in [0.05, 0.1) is 11.9 Å². The van der Waals surface area contributed by atoms with E-state index >= 15 is 0 Å². The molecule has 0 radical (unpaired) electrons. The van der Waals surface area contributed by atoms with E-state index in [9.17, 15) is 9.59 Å². The summed E-state index contributed by atoms with van der Waals surface area (Å²) in [6.45, 7) is 5.20. The maximum atomic E-state index is 12.1. The van der Waals surface area contributed by atoms with Crippen molar-refractivity contribution in [1.82, 2.24) is 9.88 Å². The molecule has 7 nitrogen and oxygen atoms in total. The Morgan fingerprint density at radius 1 is 1.29 bits per heavy atom. The zero-order valence-electron chi connectivity index (χ0n) is 14.1. The first-order valence-electron chi connectivity index (χ1n) is 8.59. The Morgan fingerprint density at radius 3 is 2.54 bits per heavy atom. The summed E-state index contributed by atoms with van der Waals surface area (Å²) in [5.74, 6) is 1.16. The first-order valence-corrected chi connectivity index (χ1v) is 8.59. The highest BCUT2D eigenvalue weighted by Gasteiger charge is 2.34. The van der Waals surface area contributed by atoms with Gasteiger partial charge < -0.3 is 20.9 Å². The predicted molar refractivity (Wildman–Crippen MR) is 92.6 cm³/mol. The minimum atomic E-state index is -0.221. The van der Waals surface area contributed by atoms with Gasteiger partial charge in [-0.15, -0.1) is 0 Å². The normalized spacial score (nSPS) is 19.1.